The summed E-state index contributed by atoms with van der Waals surface area (Å²) in [7, 11) is 6.79. The molecular formula is C9H21IN+. The average Bonchev–Trinajstić information content (AvgIpc) is 1.85. The fourth-order valence-corrected chi connectivity index (χ4v) is 1.57. The molecule has 0 atom stereocenters. The van der Waals surface area contributed by atoms with Crippen LogP contribution in [0.15, 0.2) is 0 Å². The predicted octanol–water partition coefficient (Wildman–Crippen LogP) is 2.69. The van der Waals surface area contributed by atoms with E-state index in [4.69, 9.17) is 0 Å². The summed E-state index contributed by atoms with van der Waals surface area (Å²) in [4.78, 5) is 0. The standard InChI is InChI=1S/C9H21IN/c1-11(2,3)9-7-5-4-6-8-10/h4-9H2,1-3H3/q+1. The molecule has 0 spiro atoms. The smallest absolute Gasteiger partial charge is 0.0780 e. The topological polar surface area (TPSA) is 0 Å². The van der Waals surface area contributed by atoms with Crippen molar-refractivity contribution in [2.45, 2.75) is 25.7 Å². The van der Waals surface area contributed by atoms with Gasteiger partial charge in [0, 0.05) is 0 Å². The minimum atomic E-state index is 1.12. The van der Waals surface area contributed by atoms with Gasteiger partial charge in [0.25, 0.3) is 0 Å². The zero-order valence-corrected chi connectivity index (χ0v) is 10.2. The normalized spacial score (nSPS) is 12.0. The highest BCUT2D eigenvalue weighted by molar-refractivity contribution is 14.1. The summed E-state index contributed by atoms with van der Waals surface area (Å²) in [6, 6.07) is 0. The van der Waals surface area contributed by atoms with Crippen molar-refractivity contribution < 1.29 is 4.48 Å². The first-order chi connectivity index (χ1) is 5.06. The highest BCUT2D eigenvalue weighted by atomic mass is 127. The summed E-state index contributed by atoms with van der Waals surface area (Å²) in [5.41, 5.74) is 0. The maximum atomic E-state index is 2.45. The van der Waals surface area contributed by atoms with E-state index in [1.54, 1.807) is 0 Å². The lowest BCUT2D eigenvalue weighted by molar-refractivity contribution is -0.870. The molecule has 0 unspecified atom stereocenters. The molecule has 0 bridgehead atoms. The molecule has 1 nitrogen and oxygen atoms in total. The minimum absolute atomic E-state index is 1.12. The van der Waals surface area contributed by atoms with Crippen molar-refractivity contribution in [3.05, 3.63) is 0 Å². The Morgan fingerprint density at radius 2 is 1.45 bits per heavy atom. The third-order valence-corrected chi connectivity index (χ3v) is 2.48. The summed E-state index contributed by atoms with van der Waals surface area (Å²) in [5, 5.41) is 0. The van der Waals surface area contributed by atoms with Crippen molar-refractivity contribution in [2.24, 2.45) is 0 Å². The molecule has 0 N–H and O–H groups in total. The lowest BCUT2D eigenvalue weighted by Gasteiger charge is -2.23. The molecule has 0 aromatic heterocycles. The van der Waals surface area contributed by atoms with E-state index < -0.39 is 0 Å². The molecule has 0 amide bonds. The fraction of sp³-hybridized carbons (Fsp3) is 1.00. The third-order valence-electron chi connectivity index (χ3n) is 1.71. The van der Waals surface area contributed by atoms with Crippen molar-refractivity contribution >= 4 is 22.6 Å². The SMILES string of the molecule is C[N+](C)(C)CCCCCCI. The van der Waals surface area contributed by atoms with E-state index in [9.17, 15) is 0 Å². The number of halogens is 1. The van der Waals surface area contributed by atoms with E-state index in [1.165, 1.54) is 36.7 Å². The van der Waals surface area contributed by atoms with Crippen LogP contribution < -0.4 is 0 Å². The zero-order chi connectivity index (χ0) is 8.74. The molecule has 68 valence electrons. The number of unbranched alkanes of at least 4 members (excludes halogenated alkanes) is 3. The Kier molecular flexibility index (Phi) is 6.62. The van der Waals surface area contributed by atoms with E-state index in [-0.39, 0.29) is 0 Å². The second kappa shape index (κ2) is 6.23. The molecule has 0 saturated carbocycles. The molecule has 0 heterocycles. The molecule has 0 aromatic carbocycles. The first-order valence-corrected chi connectivity index (χ1v) is 5.95. The summed E-state index contributed by atoms with van der Waals surface area (Å²) in [6.07, 6.45) is 5.62. The predicted molar refractivity (Wildman–Crippen MR) is 60.3 cm³/mol. The van der Waals surface area contributed by atoms with Crippen LogP contribution >= 0.6 is 22.6 Å². The van der Waals surface area contributed by atoms with Gasteiger partial charge in [0.2, 0.25) is 0 Å². The van der Waals surface area contributed by atoms with Crippen LogP contribution in [0.4, 0.5) is 0 Å². The molecular weight excluding hydrogens is 249 g/mol. The number of quaternary nitrogens is 1. The zero-order valence-electron chi connectivity index (χ0n) is 8.07. The largest absolute Gasteiger partial charge is 0.331 e. The number of alkyl halides is 1. The van der Waals surface area contributed by atoms with Crippen LogP contribution in [0.1, 0.15) is 25.7 Å². The van der Waals surface area contributed by atoms with Crippen LogP contribution in [0.25, 0.3) is 0 Å². The maximum Gasteiger partial charge on any atom is 0.0780 e. The average molecular weight is 270 g/mol. The van der Waals surface area contributed by atoms with Gasteiger partial charge in [-0.25, -0.2) is 0 Å². The Morgan fingerprint density at radius 1 is 0.909 bits per heavy atom. The van der Waals surface area contributed by atoms with Gasteiger partial charge in [0.1, 0.15) is 0 Å². The highest BCUT2D eigenvalue weighted by Crippen LogP contribution is 2.04. The summed E-state index contributed by atoms with van der Waals surface area (Å²) >= 11 is 2.45. The van der Waals surface area contributed by atoms with E-state index in [2.05, 4.69) is 43.7 Å². The van der Waals surface area contributed by atoms with Gasteiger partial charge < -0.3 is 4.48 Å². The molecule has 0 aliphatic rings. The van der Waals surface area contributed by atoms with Gasteiger partial charge in [0.05, 0.1) is 27.7 Å². The van der Waals surface area contributed by atoms with Crippen molar-refractivity contribution in [3.63, 3.8) is 0 Å². The second-order valence-corrected chi connectivity index (χ2v) is 5.20. The Labute approximate surface area is 84.9 Å². The summed E-state index contributed by atoms with van der Waals surface area (Å²) < 4.78 is 2.44. The van der Waals surface area contributed by atoms with Crippen molar-refractivity contribution in [1.29, 1.82) is 0 Å². The quantitative estimate of drug-likeness (QED) is 0.301. The van der Waals surface area contributed by atoms with Crippen LogP contribution in [0.3, 0.4) is 0 Å². The van der Waals surface area contributed by atoms with E-state index in [0.717, 1.165) is 4.48 Å². The molecule has 0 aliphatic heterocycles. The van der Waals surface area contributed by atoms with Gasteiger partial charge in [-0.3, -0.25) is 0 Å². The molecule has 2 heteroatoms. The van der Waals surface area contributed by atoms with Crippen LogP contribution in [-0.4, -0.2) is 36.6 Å². The van der Waals surface area contributed by atoms with Crippen LogP contribution in [0.2, 0.25) is 0 Å². The number of nitrogens with zero attached hydrogens (tertiary/aromatic N) is 1. The van der Waals surface area contributed by atoms with Crippen LogP contribution in [-0.2, 0) is 0 Å². The molecule has 0 aromatic rings. The van der Waals surface area contributed by atoms with Gasteiger partial charge in [0.15, 0.2) is 0 Å². The second-order valence-electron chi connectivity index (χ2n) is 4.12. The van der Waals surface area contributed by atoms with Gasteiger partial charge >= 0.3 is 0 Å². The van der Waals surface area contributed by atoms with E-state index in [0.29, 0.717) is 0 Å². The van der Waals surface area contributed by atoms with E-state index in [1.807, 2.05) is 0 Å². The van der Waals surface area contributed by atoms with Crippen molar-refractivity contribution in [1.82, 2.24) is 0 Å². The lowest BCUT2D eigenvalue weighted by Crippen LogP contribution is -2.35. The van der Waals surface area contributed by atoms with Crippen molar-refractivity contribution in [2.75, 3.05) is 32.1 Å². The minimum Gasteiger partial charge on any atom is -0.331 e. The first kappa shape index (κ1) is 11.7. The first-order valence-electron chi connectivity index (χ1n) is 4.43. The number of hydrogen-bond acceptors (Lipinski definition) is 0. The molecule has 0 fully saturated rings. The third kappa shape index (κ3) is 10.7. The van der Waals surface area contributed by atoms with Gasteiger partial charge in [-0.15, -0.1) is 0 Å². The van der Waals surface area contributed by atoms with Crippen molar-refractivity contribution in [3.8, 4) is 0 Å². The summed E-state index contributed by atoms with van der Waals surface area (Å²) in [6.45, 7) is 1.32. The van der Waals surface area contributed by atoms with Gasteiger partial charge in [-0.05, 0) is 23.7 Å². The molecule has 0 saturated heterocycles. The Hall–Kier alpha value is 0.690. The highest BCUT2D eigenvalue weighted by Gasteiger charge is 2.04. The fourth-order valence-electron chi connectivity index (χ4n) is 1.03. The molecule has 0 aliphatic carbocycles. The van der Waals surface area contributed by atoms with Gasteiger partial charge in [-0.2, -0.15) is 0 Å². The summed E-state index contributed by atoms with van der Waals surface area (Å²) in [5.74, 6) is 0. The monoisotopic (exact) mass is 270 g/mol. The lowest BCUT2D eigenvalue weighted by atomic mass is 10.2. The molecule has 0 radical (unpaired) electrons. The number of rotatable bonds is 6. The Balaban J connectivity index is 3.02. The Morgan fingerprint density at radius 3 is 1.91 bits per heavy atom. The van der Waals surface area contributed by atoms with E-state index >= 15 is 0 Å². The number of hydrogen-bond donors (Lipinski definition) is 0. The van der Waals surface area contributed by atoms with Crippen LogP contribution in [0, 0.1) is 0 Å². The Bertz CT molecular complexity index is 86.1. The molecule has 11 heavy (non-hydrogen) atoms. The molecule has 0 rings (SSSR count). The van der Waals surface area contributed by atoms with Gasteiger partial charge in [-0.1, -0.05) is 29.0 Å². The van der Waals surface area contributed by atoms with Crippen LogP contribution in [0.5, 0.6) is 0 Å². The maximum absolute atomic E-state index is 2.45.